The second-order valence-corrected chi connectivity index (χ2v) is 2.94. The minimum Gasteiger partial charge on any atom is -0.477 e. The average molecular weight is 197 g/mol. The van der Waals surface area contributed by atoms with Gasteiger partial charge in [-0.15, -0.1) is 0 Å². The predicted octanol–water partition coefficient (Wildman–Crippen LogP) is 1.91. The molecule has 13 heavy (non-hydrogen) atoms. The molecule has 0 unspecified atom stereocenters. The van der Waals surface area contributed by atoms with Crippen LogP contribution in [0.25, 0.3) is 11.0 Å². The number of aromatic nitrogens is 2. The first-order valence-electron chi connectivity index (χ1n) is 3.55. The van der Waals surface area contributed by atoms with Gasteiger partial charge in [-0.05, 0) is 12.1 Å². The lowest BCUT2D eigenvalue weighted by atomic mass is 10.3. The number of halogens is 1. The zero-order valence-electron chi connectivity index (χ0n) is 6.41. The molecule has 5 heteroatoms. The van der Waals surface area contributed by atoms with Crippen LogP contribution in [0.1, 0.15) is 10.5 Å². The Balaban J connectivity index is 2.70. The van der Waals surface area contributed by atoms with Crippen molar-refractivity contribution >= 4 is 28.6 Å². The summed E-state index contributed by atoms with van der Waals surface area (Å²) < 4.78 is 0. The highest BCUT2D eigenvalue weighted by Gasteiger charge is 2.07. The summed E-state index contributed by atoms with van der Waals surface area (Å²) in [4.78, 5) is 17.2. The molecular formula is C8H5ClN2O2. The molecule has 0 radical (unpaired) electrons. The molecule has 0 aliphatic heterocycles. The SMILES string of the molecule is O=C(O)c1ccc2c(Cl)c[nH]c2n1. The minimum absolute atomic E-state index is 0.00557. The average Bonchev–Trinajstić information content (AvgIpc) is 2.47. The Hall–Kier alpha value is -1.55. The zero-order valence-corrected chi connectivity index (χ0v) is 7.17. The van der Waals surface area contributed by atoms with Crippen LogP contribution in [0.4, 0.5) is 0 Å². The van der Waals surface area contributed by atoms with Crippen molar-refractivity contribution in [2.75, 3.05) is 0 Å². The Bertz CT molecular complexity index is 478. The first-order chi connectivity index (χ1) is 6.18. The highest BCUT2D eigenvalue weighted by molar-refractivity contribution is 6.35. The molecule has 2 heterocycles. The van der Waals surface area contributed by atoms with Crippen LogP contribution >= 0.6 is 11.6 Å². The standard InChI is InChI=1S/C8H5ClN2O2/c9-5-3-10-7-4(5)1-2-6(11-7)8(12)13/h1-3H,(H,10,11)(H,12,13). The van der Waals surface area contributed by atoms with Crippen LogP contribution in [0.5, 0.6) is 0 Å². The Morgan fingerprint density at radius 2 is 2.31 bits per heavy atom. The maximum atomic E-state index is 10.5. The van der Waals surface area contributed by atoms with Gasteiger partial charge >= 0.3 is 5.97 Å². The molecular weight excluding hydrogens is 192 g/mol. The van der Waals surface area contributed by atoms with Gasteiger partial charge in [0.05, 0.1) is 5.02 Å². The first kappa shape index (κ1) is 8.07. The fraction of sp³-hybridized carbons (Fsp3) is 0. The molecule has 2 N–H and O–H groups in total. The molecule has 0 saturated carbocycles. The molecule has 2 aromatic heterocycles. The number of carboxylic acids is 1. The molecule has 2 aromatic rings. The zero-order chi connectivity index (χ0) is 9.42. The molecule has 0 aliphatic carbocycles. The summed E-state index contributed by atoms with van der Waals surface area (Å²) in [6.45, 7) is 0. The van der Waals surface area contributed by atoms with Crippen molar-refractivity contribution in [2.24, 2.45) is 0 Å². The Morgan fingerprint density at radius 1 is 1.54 bits per heavy atom. The van der Waals surface area contributed by atoms with Crippen LogP contribution in [-0.2, 0) is 0 Å². The van der Waals surface area contributed by atoms with Crippen LogP contribution in [0, 0.1) is 0 Å². The highest BCUT2D eigenvalue weighted by atomic mass is 35.5. The van der Waals surface area contributed by atoms with E-state index in [-0.39, 0.29) is 5.69 Å². The van der Waals surface area contributed by atoms with E-state index in [1.54, 1.807) is 12.3 Å². The Kier molecular flexibility index (Phi) is 1.70. The van der Waals surface area contributed by atoms with Gasteiger partial charge in [-0.2, -0.15) is 0 Å². The molecule has 4 nitrogen and oxygen atoms in total. The van der Waals surface area contributed by atoms with Gasteiger partial charge in [-0.3, -0.25) is 0 Å². The summed E-state index contributed by atoms with van der Waals surface area (Å²) in [5, 5.41) is 9.91. The topological polar surface area (TPSA) is 66.0 Å². The summed E-state index contributed by atoms with van der Waals surface area (Å²) in [6, 6.07) is 3.05. The van der Waals surface area contributed by atoms with Crippen molar-refractivity contribution in [2.45, 2.75) is 0 Å². The van der Waals surface area contributed by atoms with Crippen LogP contribution in [0.3, 0.4) is 0 Å². The third-order valence-electron chi connectivity index (χ3n) is 1.71. The Morgan fingerprint density at radius 3 is 3.00 bits per heavy atom. The summed E-state index contributed by atoms with van der Waals surface area (Å²) in [5.41, 5.74) is 0.496. The van der Waals surface area contributed by atoms with Crippen LogP contribution in [0.15, 0.2) is 18.3 Å². The fourth-order valence-electron chi connectivity index (χ4n) is 1.09. The number of fused-ring (bicyclic) bond motifs is 1. The summed E-state index contributed by atoms with van der Waals surface area (Å²) >= 11 is 5.79. The van der Waals surface area contributed by atoms with E-state index in [1.165, 1.54) is 6.07 Å². The number of aromatic amines is 1. The number of nitrogens with zero attached hydrogens (tertiary/aromatic N) is 1. The van der Waals surface area contributed by atoms with Crippen molar-refractivity contribution in [3.63, 3.8) is 0 Å². The van der Waals surface area contributed by atoms with Gasteiger partial charge < -0.3 is 10.1 Å². The third-order valence-corrected chi connectivity index (χ3v) is 2.02. The van der Waals surface area contributed by atoms with Crippen molar-refractivity contribution in [1.82, 2.24) is 9.97 Å². The van der Waals surface area contributed by atoms with Crippen LogP contribution in [-0.4, -0.2) is 21.0 Å². The van der Waals surface area contributed by atoms with E-state index < -0.39 is 5.97 Å². The van der Waals surface area contributed by atoms with Crippen LogP contribution in [0.2, 0.25) is 5.02 Å². The van der Waals surface area contributed by atoms with Gasteiger partial charge in [0.25, 0.3) is 0 Å². The van der Waals surface area contributed by atoms with E-state index in [0.717, 1.165) is 5.39 Å². The lowest BCUT2D eigenvalue weighted by Gasteiger charge is -1.93. The monoisotopic (exact) mass is 196 g/mol. The number of carbonyl (C=O) groups is 1. The van der Waals surface area contributed by atoms with Gasteiger partial charge in [0.15, 0.2) is 5.69 Å². The number of aromatic carboxylic acids is 1. The molecule has 0 fully saturated rings. The van der Waals surface area contributed by atoms with E-state index in [9.17, 15) is 4.79 Å². The third kappa shape index (κ3) is 1.25. The maximum absolute atomic E-state index is 10.5. The largest absolute Gasteiger partial charge is 0.477 e. The molecule has 0 spiro atoms. The fourth-order valence-corrected chi connectivity index (χ4v) is 1.30. The second kappa shape index (κ2) is 2.74. The number of rotatable bonds is 1. The normalized spacial score (nSPS) is 10.5. The van der Waals surface area contributed by atoms with E-state index in [2.05, 4.69) is 9.97 Å². The summed E-state index contributed by atoms with van der Waals surface area (Å²) in [7, 11) is 0. The molecule has 2 rings (SSSR count). The number of hydrogen-bond donors (Lipinski definition) is 2. The van der Waals surface area contributed by atoms with Crippen molar-refractivity contribution in [3.8, 4) is 0 Å². The summed E-state index contributed by atoms with van der Waals surface area (Å²) in [5.74, 6) is -1.05. The van der Waals surface area contributed by atoms with Gasteiger partial charge in [0.2, 0.25) is 0 Å². The maximum Gasteiger partial charge on any atom is 0.354 e. The molecule has 0 atom stereocenters. The van der Waals surface area contributed by atoms with Gasteiger partial charge in [-0.25, -0.2) is 9.78 Å². The van der Waals surface area contributed by atoms with Crippen molar-refractivity contribution in [3.05, 3.63) is 29.0 Å². The summed E-state index contributed by atoms with van der Waals surface area (Å²) in [6.07, 6.45) is 1.57. The lowest BCUT2D eigenvalue weighted by molar-refractivity contribution is 0.0691. The van der Waals surface area contributed by atoms with Gasteiger partial charge in [0.1, 0.15) is 5.65 Å². The van der Waals surface area contributed by atoms with Gasteiger partial charge in [0, 0.05) is 11.6 Å². The molecule has 0 aromatic carbocycles. The molecule has 0 aliphatic rings. The number of hydrogen-bond acceptors (Lipinski definition) is 2. The lowest BCUT2D eigenvalue weighted by Crippen LogP contribution is -1.99. The van der Waals surface area contributed by atoms with E-state index in [1.807, 2.05) is 0 Å². The quantitative estimate of drug-likeness (QED) is 0.732. The number of carboxylic acid groups (broad SMARTS) is 1. The second-order valence-electron chi connectivity index (χ2n) is 2.53. The number of pyridine rings is 1. The van der Waals surface area contributed by atoms with Crippen molar-refractivity contribution in [1.29, 1.82) is 0 Å². The molecule has 0 bridgehead atoms. The van der Waals surface area contributed by atoms with Crippen LogP contribution < -0.4 is 0 Å². The predicted molar refractivity (Wildman–Crippen MR) is 48.1 cm³/mol. The van der Waals surface area contributed by atoms with Crippen molar-refractivity contribution < 1.29 is 9.90 Å². The molecule has 0 saturated heterocycles. The number of H-pyrrole nitrogens is 1. The molecule has 66 valence electrons. The first-order valence-corrected chi connectivity index (χ1v) is 3.93. The van der Waals surface area contributed by atoms with Gasteiger partial charge in [-0.1, -0.05) is 11.6 Å². The van der Waals surface area contributed by atoms with E-state index in [0.29, 0.717) is 10.7 Å². The Labute approximate surface area is 78.2 Å². The molecule has 0 amide bonds. The van der Waals surface area contributed by atoms with E-state index >= 15 is 0 Å². The highest BCUT2D eigenvalue weighted by Crippen LogP contribution is 2.21. The minimum atomic E-state index is -1.05. The smallest absolute Gasteiger partial charge is 0.354 e. The number of nitrogens with one attached hydrogen (secondary N) is 1. The van der Waals surface area contributed by atoms with E-state index in [4.69, 9.17) is 16.7 Å².